The normalized spacial score (nSPS) is 11.5. The van der Waals surface area contributed by atoms with Crippen molar-refractivity contribution in [3.05, 3.63) is 200 Å². The van der Waals surface area contributed by atoms with Crippen LogP contribution >= 0.6 is 0 Å². The van der Waals surface area contributed by atoms with Gasteiger partial charge >= 0.3 is 0 Å². The molecule has 52 heavy (non-hydrogen) atoms. The molecule has 0 N–H and O–H groups in total. The summed E-state index contributed by atoms with van der Waals surface area (Å²) < 4.78 is 6.77. The van der Waals surface area contributed by atoms with Crippen molar-refractivity contribution in [3.8, 4) is 33.4 Å². The summed E-state index contributed by atoms with van der Waals surface area (Å²) in [5.41, 5.74) is 11.9. The van der Waals surface area contributed by atoms with Gasteiger partial charge in [-0.1, -0.05) is 164 Å². The monoisotopic (exact) mass is 663 g/mol. The number of benzene rings is 9. The first-order chi connectivity index (χ1) is 25.8. The first-order valence-corrected chi connectivity index (χ1v) is 17.8. The largest absolute Gasteiger partial charge is 0.455 e. The lowest BCUT2D eigenvalue weighted by Gasteiger charge is -2.30. The lowest BCUT2D eigenvalue weighted by Crippen LogP contribution is -2.12. The van der Waals surface area contributed by atoms with E-state index in [0.717, 1.165) is 61.3 Å². The molecular formula is C50H33NO. The standard InChI is InChI=1S/C50H33NO/c1-2-13-34(14-3-1)36-25-27-37(28-26-36)42-19-8-10-23-47(42)51(41-30-29-35-15-4-5-16-38(35)31-41)48-24-11-9-20-43(48)44-21-12-22-45-46-32-39-17-6-7-18-40(39)33-49(46)52-50(44)45/h1-33H. The molecule has 0 aliphatic rings. The van der Waals surface area contributed by atoms with Crippen LogP contribution in [0.5, 0.6) is 0 Å². The number of furan rings is 1. The molecule has 10 aromatic rings. The molecule has 0 atom stereocenters. The molecule has 0 fully saturated rings. The average Bonchev–Trinajstić information content (AvgIpc) is 3.58. The lowest BCUT2D eigenvalue weighted by molar-refractivity contribution is 0.670. The van der Waals surface area contributed by atoms with E-state index in [1.807, 2.05) is 0 Å². The molecule has 0 amide bonds. The van der Waals surface area contributed by atoms with Gasteiger partial charge in [0.25, 0.3) is 0 Å². The topological polar surface area (TPSA) is 16.4 Å². The number of anilines is 3. The molecule has 9 aromatic carbocycles. The zero-order valence-corrected chi connectivity index (χ0v) is 28.4. The highest BCUT2D eigenvalue weighted by Crippen LogP contribution is 2.47. The van der Waals surface area contributed by atoms with Gasteiger partial charge in [-0.2, -0.15) is 0 Å². The van der Waals surface area contributed by atoms with Gasteiger partial charge in [-0.25, -0.2) is 0 Å². The summed E-state index contributed by atoms with van der Waals surface area (Å²) in [4.78, 5) is 2.41. The number of fused-ring (bicyclic) bond motifs is 5. The van der Waals surface area contributed by atoms with E-state index in [1.54, 1.807) is 0 Å². The third-order valence-electron chi connectivity index (χ3n) is 10.2. The van der Waals surface area contributed by atoms with E-state index in [0.29, 0.717) is 0 Å². The van der Waals surface area contributed by atoms with E-state index in [4.69, 9.17) is 4.42 Å². The minimum Gasteiger partial charge on any atom is -0.455 e. The molecule has 10 rings (SSSR count). The van der Waals surface area contributed by atoms with Crippen molar-refractivity contribution in [2.45, 2.75) is 0 Å². The molecule has 0 aliphatic heterocycles. The predicted octanol–water partition coefficient (Wildman–Crippen LogP) is 14.4. The van der Waals surface area contributed by atoms with Crippen LogP contribution in [0.15, 0.2) is 205 Å². The van der Waals surface area contributed by atoms with Gasteiger partial charge in [0.1, 0.15) is 11.2 Å². The summed E-state index contributed by atoms with van der Waals surface area (Å²) in [6.07, 6.45) is 0. The maximum Gasteiger partial charge on any atom is 0.143 e. The summed E-state index contributed by atoms with van der Waals surface area (Å²) in [7, 11) is 0. The fraction of sp³-hybridized carbons (Fsp3) is 0. The Balaban J connectivity index is 1.19. The Bertz CT molecular complexity index is 2900. The minimum atomic E-state index is 0.892. The molecule has 0 saturated carbocycles. The minimum absolute atomic E-state index is 0.892. The van der Waals surface area contributed by atoms with Gasteiger partial charge in [0.2, 0.25) is 0 Å². The summed E-state index contributed by atoms with van der Waals surface area (Å²) >= 11 is 0. The van der Waals surface area contributed by atoms with Crippen LogP contribution in [-0.4, -0.2) is 0 Å². The number of para-hydroxylation sites is 3. The highest BCUT2D eigenvalue weighted by atomic mass is 16.3. The number of nitrogens with zero attached hydrogens (tertiary/aromatic N) is 1. The van der Waals surface area contributed by atoms with E-state index < -0.39 is 0 Å². The number of hydrogen-bond acceptors (Lipinski definition) is 2. The Labute approximate surface area is 302 Å². The van der Waals surface area contributed by atoms with E-state index in [1.165, 1.54) is 32.7 Å². The Morgan fingerprint density at radius 3 is 1.65 bits per heavy atom. The van der Waals surface area contributed by atoms with Crippen molar-refractivity contribution < 1.29 is 4.42 Å². The maximum atomic E-state index is 6.77. The number of hydrogen-bond donors (Lipinski definition) is 0. The second-order valence-corrected chi connectivity index (χ2v) is 13.3. The third kappa shape index (κ3) is 5.12. The van der Waals surface area contributed by atoms with Crippen molar-refractivity contribution in [2.75, 3.05) is 4.90 Å². The van der Waals surface area contributed by atoms with E-state index in [2.05, 4.69) is 205 Å². The fourth-order valence-corrected chi connectivity index (χ4v) is 7.70. The zero-order chi connectivity index (χ0) is 34.4. The highest BCUT2D eigenvalue weighted by Gasteiger charge is 2.23. The van der Waals surface area contributed by atoms with Crippen LogP contribution in [0.3, 0.4) is 0 Å². The van der Waals surface area contributed by atoms with Gasteiger partial charge in [-0.15, -0.1) is 0 Å². The zero-order valence-electron chi connectivity index (χ0n) is 28.4. The first kappa shape index (κ1) is 30.0. The van der Waals surface area contributed by atoms with Gasteiger partial charge in [0.05, 0.1) is 11.4 Å². The summed E-state index contributed by atoms with van der Waals surface area (Å²) in [6, 6.07) is 71.7. The molecule has 0 unspecified atom stereocenters. The smallest absolute Gasteiger partial charge is 0.143 e. The summed E-state index contributed by atoms with van der Waals surface area (Å²) in [6.45, 7) is 0. The Kier molecular flexibility index (Phi) is 7.18. The van der Waals surface area contributed by atoms with Gasteiger partial charge in [-0.3, -0.25) is 0 Å². The van der Waals surface area contributed by atoms with Crippen molar-refractivity contribution in [1.29, 1.82) is 0 Å². The average molecular weight is 664 g/mol. The maximum absolute atomic E-state index is 6.77. The Morgan fingerprint density at radius 2 is 0.885 bits per heavy atom. The third-order valence-corrected chi connectivity index (χ3v) is 10.2. The van der Waals surface area contributed by atoms with Crippen molar-refractivity contribution in [2.24, 2.45) is 0 Å². The summed E-state index contributed by atoms with van der Waals surface area (Å²) in [5, 5.41) is 7.03. The molecular weight excluding hydrogens is 631 g/mol. The van der Waals surface area contributed by atoms with Crippen molar-refractivity contribution >= 4 is 60.5 Å². The second kappa shape index (κ2) is 12.5. The first-order valence-electron chi connectivity index (χ1n) is 17.8. The second-order valence-electron chi connectivity index (χ2n) is 13.3. The molecule has 1 aromatic heterocycles. The molecule has 1 heterocycles. The summed E-state index contributed by atoms with van der Waals surface area (Å²) in [5.74, 6) is 0. The van der Waals surface area contributed by atoms with Crippen molar-refractivity contribution in [3.63, 3.8) is 0 Å². The Morgan fingerprint density at radius 1 is 0.327 bits per heavy atom. The molecule has 244 valence electrons. The molecule has 0 radical (unpaired) electrons. The van der Waals surface area contributed by atoms with Crippen LogP contribution < -0.4 is 4.90 Å². The molecule has 0 spiro atoms. The molecule has 0 saturated heterocycles. The van der Waals surface area contributed by atoms with Crippen LogP contribution in [0.2, 0.25) is 0 Å². The van der Waals surface area contributed by atoms with Crippen LogP contribution in [0.25, 0.3) is 76.9 Å². The van der Waals surface area contributed by atoms with Gasteiger partial charge < -0.3 is 9.32 Å². The van der Waals surface area contributed by atoms with Crippen LogP contribution in [0.1, 0.15) is 0 Å². The van der Waals surface area contributed by atoms with Crippen LogP contribution in [0.4, 0.5) is 17.1 Å². The SMILES string of the molecule is c1ccc(-c2ccc(-c3ccccc3N(c3ccc4ccccc4c3)c3ccccc3-c3cccc4c3oc3cc5ccccc5cc34)cc2)cc1. The molecule has 0 aliphatic carbocycles. The lowest BCUT2D eigenvalue weighted by atomic mass is 9.96. The quantitative estimate of drug-likeness (QED) is 0.176. The fourth-order valence-electron chi connectivity index (χ4n) is 7.70. The van der Waals surface area contributed by atoms with E-state index in [-0.39, 0.29) is 0 Å². The number of rotatable bonds is 6. The van der Waals surface area contributed by atoms with Crippen molar-refractivity contribution in [1.82, 2.24) is 0 Å². The van der Waals surface area contributed by atoms with Crippen LogP contribution in [-0.2, 0) is 0 Å². The molecule has 0 bridgehead atoms. The molecule has 2 heteroatoms. The van der Waals surface area contributed by atoms with Gasteiger partial charge in [-0.05, 0) is 74.6 Å². The molecule has 2 nitrogen and oxygen atoms in total. The van der Waals surface area contributed by atoms with E-state index >= 15 is 0 Å². The van der Waals surface area contributed by atoms with E-state index in [9.17, 15) is 0 Å². The van der Waals surface area contributed by atoms with Gasteiger partial charge in [0, 0.05) is 33.2 Å². The Hall–Kier alpha value is -6.90. The predicted molar refractivity (Wildman–Crippen MR) is 220 cm³/mol. The van der Waals surface area contributed by atoms with Crippen LogP contribution in [0, 0.1) is 0 Å². The highest BCUT2D eigenvalue weighted by molar-refractivity contribution is 6.14. The van der Waals surface area contributed by atoms with Gasteiger partial charge in [0.15, 0.2) is 0 Å².